The molecule has 1 aliphatic rings. The zero-order valence-electron chi connectivity index (χ0n) is 14.3. The van der Waals surface area contributed by atoms with Crippen molar-refractivity contribution in [3.05, 3.63) is 18.1 Å². The van der Waals surface area contributed by atoms with E-state index < -0.39 is 0 Å². The summed E-state index contributed by atoms with van der Waals surface area (Å²) in [5.74, 6) is 0.718. The molecule has 1 saturated heterocycles. The number of aryl methyl sites for hydroxylation is 1. The van der Waals surface area contributed by atoms with E-state index in [4.69, 9.17) is 4.74 Å². The maximum absolute atomic E-state index is 5.17. The predicted octanol–water partition coefficient (Wildman–Crippen LogP) is 1.23. The molecule has 23 heavy (non-hydrogen) atoms. The highest BCUT2D eigenvalue weighted by Crippen LogP contribution is 2.23. The lowest BCUT2D eigenvalue weighted by molar-refractivity contribution is 0.121. The van der Waals surface area contributed by atoms with Gasteiger partial charge >= 0.3 is 0 Å². The van der Waals surface area contributed by atoms with Gasteiger partial charge in [-0.2, -0.15) is 9.61 Å². The standard InChI is InChI=1S/C16H26N6O/c1-13-10-15(16-18-17-12-22(16)19-13)20(2)11-14-4-6-21(7-5-14)8-9-23-3/h10,12,14H,4-9,11H2,1-3H3. The van der Waals surface area contributed by atoms with Gasteiger partial charge in [-0.05, 0) is 44.8 Å². The van der Waals surface area contributed by atoms with Crippen molar-refractivity contribution in [2.75, 3.05) is 51.8 Å². The first-order valence-corrected chi connectivity index (χ1v) is 8.27. The van der Waals surface area contributed by atoms with Gasteiger partial charge in [0.05, 0.1) is 18.0 Å². The highest BCUT2D eigenvalue weighted by Gasteiger charge is 2.21. The number of methoxy groups -OCH3 is 1. The van der Waals surface area contributed by atoms with E-state index in [1.165, 1.54) is 12.8 Å². The molecule has 1 fully saturated rings. The van der Waals surface area contributed by atoms with Crippen molar-refractivity contribution in [1.82, 2.24) is 24.7 Å². The third-order valence-electron chi connectivity index (χ3n) is 4.63. The van der Waals surface area contributed by atoms with Gasteiger partial charge in [0.15, 0.2) is 0 Å². The van der Waals surface area contributed by atoms with E-state index in [9.17, 15) is 0 Å². The molecule has 0 atom stereocenters. The van der Waals surface area contributed by atoms with Crippen molar-refractivity contribution < 1.29 is 4.74 Å². The Morgan fingerprint density at radius 2 is 2.13 bits per heavy atom. The topological polar surface area (TPSA) is 58.8 Å². The SMILES string of the molecule is COCCN1CCC(CN(C)c2cc(C)nn3cnnc23)CC1. The summed E-state index contributed by atoms with van der Waals surface area (Å²) in [6.45, 7) is 7.25. The van der Waals surface area contributed by atoms with E-state index >= 15 is 0 Å². The molecule has 7 heteroatoms. The van der Waals surface area contributed by atoms with Crippen LogP contribution in [0.3, 0.4) is 0 Å². The molecule has 2 aromatic rings. The largest absolute Gasteiger partial charge is 0.383 e. The third-order valence-corrected chi connectivity index (χ3v) is 4.63. The number of ether oxygens (including phenoxy) is 1. The number of aromatic nitrogens is 4. The first-order chi connectivity index (χ1) is 11.2. The van der Waals surface area contributed by atoms with Gasteiger partial charge in [-0.3, -0.25) is 0 Å². The Morgan fingerprint density at radius 3 is 2.87 bits per heavy atom. The quantitative estimate of drug-likeness (QED) is 0.798. The number of nitrogens with zero attached hydrogens (tertiary/aromatic N) is 6. The van der Waals surface area contributed by atoms with E-state index in [1.54, 1.807) is 18.0 Å². The number of likely N-dealkylation sites (tertiary alicyclic amines) is 1. The molecular weight excluding hydrogens is 292 g/mol. The fourth-order valence-electron chi connectivity index (χ4n) is 3.31. The van der Waals surface area contributed by atoms with Gasteiger partial charge in [0, 0.05) is 27.2 Å². The van der Waals surface area contributed by atoms with E-state index in [1.807, 2.05) is 6.92 Å². The second-order valence-electron chi connectivity index (χ2n) is 6.43. The molecule has 0 radical (unpaired) electrons. The smallest absolute Gasteiger partial charge is 0.200 e. The highest BCUT2D eigenvalue weighted by atomic mass is 16.5. The number of anilines is 1. The first-order valence-electron chi connectivity index (χ1n) is 8.27. The zero-order valence-corrected chi connectivity index (χ0v) is 14.3. The predicted molar refractivity (Wildman–Crippen MR) is 89.8 cm³/mol. The summed E-state index contributed by atoms with van der Waals surface area (Å²) >= 11 is 0. The van der Waals surface area contributed by atoms with Gasteiger partial charge < -0.3 is 14.5 Å². The third kappa shape index (κ3) is 3.79. The molecule has 0 aromatic carbocycles. The molecular formula is C16H26N6O. The number of rotatable bonds is 6. The summed E-state index contributed by atoms with van der Waals surface area (Å²) in [6.07, 6.45) is 4.14. The van der Waals surface area contributed by atoms with Crippen molar-refractivity contribution in [2.24, 2.45) is 5.92 Å². The fourth-order valence-corrected chi connectivity index (χ4v) is 3.31. The Kier molecular flexibility index (Phi) is 5.07. The van der Waals surface area contributed by atoms with Gasteiger partial charge in [0.1, 0.15) is 6.33 Å². The lowest BCUT2D eigenvalue weighted by atomic mass is 9.96. The van der Waals surface area contributed by atoms with Crippen LogP contribution in [-0.4, -0.2) is 71.7 Å². The minimum atomic E-state index is 0.718. The molecule has 3 heterocycles. The summed E-state index contributed by atoms with van der Waals surface area (Å²) in [4.78, 5) is 4.79. The molecule has 0 amide bonds. The number of hydrogen-bond donors (Lipinski definition) is 0. The summed E-state index contributed by atoms with van der Waals surface area (Å²) in [6, 6.07) is 2.09. The Bertz CT molecular complexity index is 635. The van der Waals surface area contributed by atoms with Crippen molar-refractivity contribution in [1.29, 1.82) is 0 Å². The molecule has 7 nitrogen and oxygen atoms in total. The minimum Gasteiger partial charge on any atom is -0.383 e. The lowest BCUT2D eigenvalue weighted by Crippen LogP contribution is -2.39. The Balaban J connectivity index is 1.61. The van der Waals surface area contributed by atoms with Gasteiger partial charge in [0.2, 0.25) is 5.65 Å². The second-order valence-corrected chi connectivity index (χ2v) is 6.43. The average molecular weight is 318 g/mol. The zero-order chi connectivity index (χ0) is 16.2. The molecule has 3 rings (SSSR count). The summed E-state index contributed by atoms with van der Waals surface area (Å²) in [7, 11) is 3.91. The van der Waals surface area contributed by atoms with Crippen LogP contribution in [0.15, 0.2) is 12.4 Å². The van der Waals surface area contributed by atoms with Crippen molar-refractivity contribution in [3.8, 4) is 0 Å². The van der Waals surface area contributed by atoms with Gasteiger partial charge in [-0.1, -0.05) is 0 Å². The summed E-state index contributed by atoms with van der Waals surface area (Å²) in [5, 5.41) is 12.6. The van der Waals surface area contributed by atoms with Crippen LogP contribution in [0.25, 0.3) is 5.65 Å². The molecule has 0 N–H and O–H groups in total. The van der Waals surface area contributed by atoms with Crippen molar-refractivity contribution in [2.45, 2.75) is 19.8 Å². The van der Waals surface area contributed by atoms with Gasteiger partial charge in [-0.15, -0.1) is 10.2 Å². The van der Waals surface area contributed by atoms with E-state index in [-0.39, 0.29) is 0 Å². The number of hydrogen-bond acceptors (Lipinski definition) is 6. The van der Waals surface area contributed by atoms with Crippen LogP contribution in [0.1, 0.15) is 18.5 Å². The normalized spacial score (nSPS) is 17.0. The fraction of sp³-hybridized carbons (Fsp3) is 0.688. The van der Waals surface area contributed by atoms with Crippen LogP contribution >= 0.6 is 0 Å². The second kappa shape index (κ2) is 7.23. The maximum atomic E-state index is 5.17. The van der Waals surface area contributed by atoms with Gasteiger partial charge in [-0.25, -0.2) is 0 Å². The molecule has 0 spiro atoms. The summed E-state index contributed by atoms with van der Waals surface area (Å²) in [5.41, 5.74) is 2.92. The Labute approximate surface area is 137 Å². The molecule has 0 unspecified atom stereocenters. The van der Waals surface area contributed by atoms with Crippen molar-refractivity contribution in [3.63, 3.8) is 0 Å². The number of piperidine rings is 1. The lowest BCUT2D eigenvalue weighted by Gasteiger charge is -2.34. The average Bonchev–Trinajstić information content (AvgIpc) is 3.01. The van der Waals surface area contributed by atoms with Crippen LogP contribution in [-0.2, 0) is 4.74 Å². The molecule has 0 aliphatic carbocycles. The van der Waals surface area contributed by atoms with E-state index in [0.717, 1.165) is 55.7 Å². The monoisotopic (exact) mass is 318 g/mol. The maximum Gasteiger partial charge on any atom is 0.200 e. The van der Waals surface area contributed by atoms with Crippen LogP contribution < -0.4 is 4.90 Å². The van der Waals surface area contributed by atoms with Gasteiger partial charge in [0.25, 0.3) is 0 Å². The summed E-state index contributed by atoms with van der Waals surface area (Å²) < 4.78 is 6.93. The molecule has 126 valence electrons. The van der Waals surface area contributed by atoms with Crippen LogP contribution in [0.5, 0.6) is 0 Å². The Morgan fingerprint density at radius 1 is 1.35 bits per heavy atom. The molecule has 2 aromatic heterocycles. The molecule has 1 aliphatic heterocycles. The van der Waals surface area contributed by atoms with Crippen LogP contribution in [0.2, 0.25) is 0 Å². The number of fused-ring (bicyclic) bond motifs is 1. The van der Waals surface area contributed by atoms with Crippen molar-refractivity contribution >= 4 is 11.3 Å². The van der Waals surface area contributed by atoms with Crippen LogP contribution in [0, 0.1) is 12.8 Å². The molecule has 0 saturated carbocycles. The van der Waals surface area contributed by atoms with E-state index in [2.05, 4.69) is 38.2 Å². The molecule has 0 bridgehead atoms. The first kappa shape index (κ1) is 16.1. The van der Waals surface area contributed by atoms with Crippen LogP contribution in [0.4, 0.5) is 5.69 Å². The highest BCUT2D eigenvalue weighted by molar-refractivity contribution is 5.67. The Hall–Kier alpha value is -1.73. The van der Waals surface area contributed by atoms with E-state index in [0.29, 0.717) is 0 Å². The minimum absolute atomic E-state index is 0.718.